The lowest BCUT2D eigenvalue weighted by Gasteiger charge is -2.02. The number of amides is 1. The normalized spacial score (nSPS) is 10.6. The number of hydrogen-bond donors (Lipinski definition) is 1. The van der Waals surface area contributed by atoms with Crippen molar-refractivity contribution in [3.05, 3.63) is 35.7 Å². The predicted molar refractivity (Wildman–Crippen MR) is 83.2 cm³/mol. The summed E-state index contributed by atoms with van der Waals surface area (Å²) in [6, 6.07) is 7.60. The molecule has 1 aromatic carbocycles. The quantitative estimate of drug-likeness (QED) is 0.851. The molecule has 0 saturated carbocycles. The van der Waals surface area contributed by atoms with Gasteiger partial charge in [-0.15, -0.1) is 11.8 Å². The van der Waals surface area contributed by atoms with Crippen molar-refractivity contribution in [2.24, 2.45) is 5.73 Å². The maximum absolute atomic E-state index is 10.7. The molecule has 0 radical (unpaired) electrons. The first-order valence-corrected chi connectivity index (χ1v) is 7.81. The molecule has 0 fully saturated rings. The van der Waals surface area contributed by atoms with Gasteiger partial charge >= 0.3 is 0 Å². The van der Waals surface area contributed by atoms with Crippen molar-refractivity contribution in [3.8, 4) is 17.2 Å². The summed E-state index contributed by atoms with van der Waals surface area (Å²) in [4.78, 5) is 15.2. The molecule has 2 N–H and O–H groups in total. The molecule has 2 rings (SSSR count). The highest BCUT2D eigenvalue weighted by atomic mass is 32.2. The van der Waals surface area contributed by atoms with Gasteiger partial charge in [0.1, 0.15) is 11.5 Å². The number of ether oxygens (including phenoxy) is 1. The lowest BCUT2D eigenvalue weighted by atomic mass is 10.2. The van der Waals surface area contributed by atoms with Crippen LogP contribution in [0.5, 0.6) is 5.75 Å². The molecule has 1 amide bonds. The van der Waals surface area contributed by atoms with Crippen LogP contribution in [0.4, 0.5) is 0 Å². The highest BCUT2D eigenvalue weighted by Gasteiger charge is 2.12. The van der Waals surface area contributed by atoms with Crippen LogP contribution in [0.1, 0.15) is 18.4 Å². The van der Waals surface area contributed by atoms with E-state index in [2.05, 4.69) is 4.98 Å². The number of aryl methyl sites for hydroxylation is 1. The van der Waals surface area contributed by atoms with E-state index in [-0.39, 0.29) is 11.7 Å². The largest absolute Gasteiger partial charge is 0.494 e. The van der Waals surface area contributed by atoms with Crippen LogP contribution < -0.4 is 10.5 Å². The van der Waals surface area contributed by atoms with Gasteiger partial charge in [-0.2, -0.15) is 0 Å². The fourth-order valence-corrected chi connectivity index (χ4v) is 2.56. The van der Waals surface area contributed by atoms with Crippen molar-refractivity contribution in [2.45, 2.75) is 19.6 Å². The number of nitrogens with two attached hydrogens (primary N) is 1. The second kappa shape index (κ2) is 7.17. The molecule has 0 spiro atoms. The summed E-state index contributed by atoms with van der Waals surface area (Å²) in [6.45, 7) is 4.45. The number of aromatic nitrogens is 1. The topological polar surface area (TPSA) is 78.4 Å². The van der Waals surface area contributed by atoms with Gasteiger partial charge in [0, 0.05) is 11.3 Å². The van der Waals surface area contributed by atoms with Crippen LogP contribution in [0.2, 0.25) is 0 Å². The van der Waals surface area contributed by atoms with Gasteiger partial charge < -0.3 is 14.9 Å². The zero-order chi connectivity index (χ0) is 15.2. The van der Waals surface area contributed by atoms with E-state index in [1.54, 1.807) is 0 Å². The van der Waals surface area contributed by atoms with Gasteiger partial charge in [0.2, 0.25) is 11.8 Å². The average molecular weight is 306 g/mol. The van der Waals surface area contributed by atoms with Crippen LogP contribution in [0.25, 0.3) is 11.5 Å². The first-order valence-electron chi connectivity index (χ1n) is 6.65. The molecule has 0 aliphatic heterocycles. The summed E-state index contributed by atoms with van der Waals surface area (Å²) in [5.41, 5.74) is 6.85. The number of thioether (sulfide) groups is 1. The molecule has 5 nitrogen and oxygen atoms in total. The number of oxazole rings is 1. The number of hydrogen-bond acceptors (Lipinski definition) is 5. The van der Waals surface area contributed by atoms with Crippen molar-refractivity contribution in [1.82, 2.24) is 4.98 Å². The summed E-state index contributed by atoms with van der Waals surface area (Å²) >= 11 is 1.43. The monoisotopic (exact) mass is 306 g/mol. The molecule has 1 heterocycles. The summed E-state index contributed by atoms with van der Waals surface area (Å²) in [5, 5.41) is 0. The highest BCUT2D eigenvalue weighted by Crippen LogP contribution is 2.25. The number of nitrogens with zero attached hydrogens (tertiary/aromatic N) is 1. The van der Waals surface area contributed by atoms with Gasteiger partial charge in [-0.25, -0.2) is 4.98 Å². The molecule has 2 aromatic rings. The van der Waals surface area contributed by atoms with Crippen LogP contribution in [0.15, 0.2) is 28.7 Å². The van der Waals surface area contributed by atoms with E-state index in [1.165, 1.54) is 11.8 Å². The van der Waals surface area contributed by atoms with E-state index in [4.69, 9.17) is 14.9 Å². The van der Waals surface area contributed by atoms with E-state index in [1.807, 2.05) is 38.1 Å². The third-order valence-corrected chi connectivity index (χ3v) is 3.75. The molecular weight excluding hydrogens is 288 g/mol. The number of carbonyl (C=O) groups is 1. The molecule has 0 unspecified atom stereocenters. The smallest absolute Gasteiger partial charge is 0.227 e. The van der Waals surface area contributed by atoms with E-state index in [0.29, 0.717) is 18.3 Å². The molecule has 0 atom stereocenters. The third-order valence-electron chi connectivity index (χ3n) is 2.79. The SMILES string of the molecule is CCOc1ccc(-c2nc(CSCC(N)=O)c(C)o2)cc1. The maximum atomic E-state index is 10.7. The number of carbonyl (C=O) groups excluding carboxylic acids is 1. The Balaban J connectivity index is 2.08. The minimum absolute atomic E-state index is 0.282. The first-order chi connectivity index (χ1) is 10.1. The average Bonchev–Trinajstić information content (AvgIpc) is 2.81. The van der Waals surface area contributed by atoms with Crippen LogP contribution in [0, 0.1) is 6.92 Å². The highest BCUT2D eigenvalue weighted by molar-refractivity contribution is 7.99. The van der Waals surface area contributed by atoms with Crippen LogP contribution in [-0.4, -0.2) is 23.3 Å². The van der Waals surface area contributed by atoms with Gasteiger partial charge in [-0.3, -0.25) is 4.79 Å². The van der Waals surface area contributed by atoms with Crippen molar-refractivity contribution in [2.75, 3.05) is 12.4 Å². The molecular formula is C15H18N2O3S. The lowest BCUT2D eigenvalue weighted by molar-refractivity contribution is -0.115. The van der Waals surface area contributed by atoms with Crippen LogP contribution in [0.3, 0.4) is 0 Å². The van der Waals surface area contributed by atoms with Crippen molar-refractivity contribution in [1.29, 1.82) is 0 Å². The van der Waals surface area contributed by atoms with Gasteiger partial charge in [0.05, 0.1) is 18.1 Å². The Kier molecular flexibility index (Phi) is 5.27. The Hall–Kier alpha value is -1.95. The van der Waals surface area contributed by atoms with Gasteiger partial charge in [-0.05, 0) is 38.1 Å². The Morgan fingerprint density at radius 3 is 2.71 bits per heavy atom. The molecule has 0 saturated heterocycles. The minimum Gasteiger partial charge on any atom is -0.494 e. The van der Waals surface area contributed by atoms with E-state index in [0.717, 1.165) is 22.8 Å². The number of rotatable bonds is 7. The molecule has 1 aromatic heterocycles. The fraction of sp³-hybridized carbons (Fsp3) is 0.333. The van der Waals surface area contributed by atoms with Gasteiger partial charge in [-0.1, -0.05) is 0 Å². The van der Waals surface area contributed by atoms with Crippen LogP contribution >= 0.6 is 11.8 Å². The van der Waals surface area contributed by atoms with Crippen molar-refractivity contribution in [3.63, 3.8) is 0 Å². The minimum atomic E-state index is -0.326. The lowest BCUT2D eigenvalue weighted by Crippen LogP contribution is -2.13. The number of benzene rings is 1. The van der Waals surface area contributed by atoms with Gasteiger partial charge in [0.15, 0.2) is 0 Å². The molecule has 0 bridgehead atoms. The molecule has 112 valence electrons. The van der Waals surface area contributed by atoms with Crippen molar-refractivity contribution < 1.29 is 13.9 Å². The molecule has 0 aliphatic rings. The Morgan fingerprint density at radius 2 is 2.10 bits per heavy atom. The Morgan fingerprint density at radius 1 is 1.38 bits per heavy atom. The summed E-state index contributed by atoms with van der Waals surface area (Å²) in [7, 11) is 0. The molecule has 6 heteroatoms. The van der Waals surface area contributed by atoms with Crippen LogP contribution in [-0.2, 0) is 10.5 Å². The Bertz CT molecular complexity index is 608. The van der Waals surface area contributed by atoms with E-state index >= 15 is 0 Å². The summed E-state index contributed by atoms with van der Waals surface area (Å²) in [6.07, 6.45) is 0. The first kappa shape index (κ1) is 15.4. The zero-order valence-corrected chi connectivity index (χ0v) is 12.9. The molecule has 21 heavy (non-hydrogen) atoms. The fourth-order valence-electron chi connectivity index (χ4n) is 1.79. The zero-order valence-electron chi connectivity index (χ0n) is 12.1. The second-order valence-corrected chi connectivity index (χ2v) is 5.42. The predicted octanol–water partition coefficient (Wildman–Crippen LogP) is 2.77. The standard InChI is InChI=1S/C15H18N2O3S/c1-3-19-12-6-4-11(5-7-12)15-17-13(10(2)20-15)8-21-9-14(16)18/h4-7H,3,8-9H2,1-2H3,(H2,16,18). The summed E-state index contributed by atoms with van der Waals surface area (Å²) in [5.74, 6) is 2.72. The third kappa shape index (κ3) is 4.26. The van der Waals surface area contributed by atoms with E-state index in [9.17, 15) is 4.79 Å². The Labute approximate surface area is 127 Å². The number of primary amides is 1. The van der Waals surface area contributed by atoms with Crippen molar-refractivity contribution >= 4 is 17.7 Å². The van der Waals surface area contributed by atoms with E-state index < -0.39 is 0 Å². The second-order valence-electron chi connectivity index (χ2n) is 4.44. The summed E-state index contributed by atoms with van der Waals surface area (Å²) < 4.78 is 11.1. The van der Waals surface area contributed by atoms with Gasteiger partial charge in [0.25, 0.3) is 0 Å². The maximum Gasteiger partial charge on any atom is 0.227 e. The molecule has 0 aliphatic carbocycles.